The second kappa shape index (κ2) is 12.9. The van der Waals surface area contributed by atoms with E-state index in [1.165, 1.54) is 36.9 Å². The van der Waals surface area contributed by atoms with E-state index in [-0.39, 0.29) is 1.43 Å². The normalized spacial score (nSPS) is 11.1. The number of aromatic nitrogens is 2. The molecule has 0 aliphatic heterocycles. The molecule has 0 aliphatic carbocycles. The van der Waals surface area contributed by atoms with Crippen LogP contribution in [0.2, 0.25) is 0 Å². The lowest BCUT2D eigenvalue weighted by atomic mass is 10.1. The largest absolute Gasteiger partial charge is 0.378 e. The monoisotopic (exact) mass is 564 g/mol. The molecule has 204 valence electrons. The highest BCUT2D eigenvalue weighted by Gasteiger charge is 2.04. The molecule has 6 heteroatoms. The van der Waals surface area contributed by atoms with E-state index >= 15 is 0 Å². The Hall–Kier alpha value is -4.00. The van der Waals surface area contributed by atoms with Gasteiger partial charge in [0, 0.05) is 47.4 Å². The third-order valence-corrected chi connectivity index (χ3v) is 8.65. The Kier molecular flexibility index (Phi) is 8.89. The molecule has 0 atom stereocenters. The van der Waals surface area contributed by atoms with Gasteiger partial charge in [0.1, 0.15) is 5.01 Å². The average Bonchev–Trinajstić information content (AvgIpc) is 3.59. The molecule has 0 saturated carbocycles. The minimum atomic E-state index is 0. The van der Waals surface area contributed by atoms with E-state index in [0.29, 0.717) is 0 Å². The number of hydrogen-bond acceptors (Lipinski definition) is 6. The number of fused-ring (bicyclic) bond motifs is 2. The zero-order chi connectivity index (χ0) is 27.9. The first-order valence-corrected chi connectivity index (χ1v) is 15.0. The molecule has 4 aromatic carbocycles. The molecule has 0 spiro atoms. The van der Waals surface area contributed by atoms with Crippen molar-refractivity contribution < 1.29 is 1.43 Å². The van der Waals surface area contributed by atoms with Crippen molar-refractivity contribution in [3.05, 3.63) is 118 Å². The molecule has 6 rings (SSSR count). The number of thiazole rings is 2. The number of para-hydroxylation sites is 2. The summed E-state index contributed by atoms with van der Waals surface area (Å²) in [5, 5.41) is 2.27. The summed E-state index contributed by atoms with van der Waals surface area (Å²) in [6.45, 7) is 0. The lowest BCUT2D eigenvalue weighted by Crippen LogP contribution is -2.08. The van der Waals surface area contributed by atoms with Crippen molar-refractivity contribution in [2.75, 3.05) is 38.0 Å². The van der Waals surface area contributed by atoms with Gasteiger partial charge < -0.3 is 9.80 Å². The molecule has 6 aromatic rings. The molecule has 4 nitrogen and oxygen atoms in total. The van der Waals surface area contributed by atoms with Gasteiger partial charge in [-0.1, -0.05) is 54.6 Å². The maximum atomic E-state index is 4.68. The summed E-state index contributed by atoms with van der Waals surface area (Å²) in [5.74, 6) is 0. The van der Waals surface area contributed by atoms with Crippen LogP contribution < -0.4 is 9.80 Å². The van der Waals surface area contributed by atoms with Gasteiger partial charge in [-0.3, -0.25) is 0 Å². The number of anilines is 2. The van der Waals surface area contributed by atoms with Gasteiger partial charge in [-0.05, 0) is 72.2 Å². The summed E-state index contributed by atoms with van der Waals surface area (Å²) in [5.41, 5.74) is 7.20. The van der Waals surface area contributed by atoms with Gasteiger partial charge in [0.05, 0.1) is 25.4 Å². The first-order valence-electron chi connectivity index (χ1n) is 13.4. The van der Waals surface area contributed by atoms with Crippen molar-refractivity contribution in [1.29, 1.82) is 0 Å². The van der Waals surface area contributed by atoms with E-state index in [1.54, 1.807) is 22.7 Å². The highest BCUT2D eigenvalue weighted by molar-refractivity contribution is 7.19. The third kappa shape index (κ3) is 7.14. The molecule has 0 bridgehead atoms. The van der Waals surface area contributed by atoms with Crippen LogP contribution in [0.15, 0.2) is 97.1 Å². The molecule has 0 saturated heterocycles. The predicted octanol–water partition coefficient (Wildman–Crippen LogP) is 8.93. The zero-order valence-corrected chi connectivity index (χ0v) is 25.0. The summed E-state index contributed by atoms with van der Waals surface area (Å²) >= 11 is 3.52. The molecule has 0 N–H and O–H groups in total. The second-order valence-corrected chi connectivity index (χ2v) is 12.2. The third-order valence-electron chi connectivity index (χ3n) is 6.56. The summed E-state index contributed by atoms with van der Waals surface area (Å²) in [7, 11) is 8.23. The number of hydrogen-bond donors (Lipinski definition) is 0. The molecule has 2 heterocycles. The molecule has 0 radical (unpaired) electrons. The summed E-state index contributed by atoms with van der Waals surface area (Å²) in [6, 6.07) is 33.8. The van der Waals surface area contributed by atoms with Crippen molar-refractivity contribution >= 4 is 66.6 Å². The molecule has 0 amide bonds. The number of rotatable bonds is 7. The number of benzene rings is 4. The van der Waals surface area contributed by atoms with Gasteiger partial charge in [-0.15, -0.1) is 22.7 Å². The molecule has 0 unspecified atom stereocenters. The van der Waals surface area contributed by atoms with E-state index in [2.05, 4.69) is 125 Å². The second-order valence-electron chi connectivity index (χ2n) is 9.98. The highest BCUT2D eigenvalue weighted by atomic mass is 32.1. The molecular formula is C34H36N4S2. The van der Waals surface area contributed by atoms with Crippen molar-refractivity contribution in [3.8, 4) is 0 Å². The van der Waals surface area contributed by atoms with Gasteiger partial charge in [-0.2, -0.15) is 0 Å². The van der Waals surface area contributed by atoms with Crippen LogP contribution in [0.1, 0.15) is 22.6 Å². The summed E-state index contributed by atoms with van der Waals surface area (Å²) in [6.07, 6.45) is 6.25. The Labute approximate surface area is 246 Å². The van der Waals surface area contributed by atoms with E-state index in [0.717, 1.165) is 28.9 Å². The molecule has 2 aromatic heterocycles. The van der Waals surface area contributed by atoms with Gasteiger partial charge in [0.15, 0.2) is 0 Å². The lowest BCUT2D eigenvalue weighted by Gasteiger charge is -2.12. The van der Waals surface area contributed by atoms with Gasteiger partial charge in [0.2, 0.25) is 0 Å². The molecular weight excluding hydrogens is 529 g/mol. The minimum absolute atomic E-state index is 0. The van der Waals surface area contributed by atoms with E-state index in [1.807, 2.05) is 32.3 Å². The quantitative estimate of drug-likeness (QED) is 0.194. The Morgan fingerprint density at radius 3 is 1.73 bits per heavy atom. The fourth-order valence-corrected chi connectivity index (χ4v) is 6.09. The highest BCUT2D eigenvalue weighted by Crippen LogP contribution is 2.24. The van der Waals surface area contributed by atoms with Gasteiger partial charge >= 0.3 is 0 Å². The fraction of sp³-hybridized carbons (Fsp3) is 0.176. The van der Waals surface area contributed by atoms with Crippen LogP contribution >= 0.6 is 22.7 Å². The lowest BCUT2D eigenvalue weighted by molar-refractivity contribution is 0.948. The Balaban J connectivity index is 0.000000184. The van der Waals surface area contributed by atoms with Gasteiger partial charge in [0.25, 0.3) is 0 Å². The maximum absolute atomic E-state index is 4.68. The van der Waals surface area contributed by atoms with E-state index < -0.39 is 0 Å². The Bertz CT molecular complexity index is 1640. The zero-order valence-electron chi connectivity index (χ0n) is 23.4. The van der Waals surface area contributed by atoms with Crippen LogP contribution in [-0.4, -0.2) is 38.2 Å². The number of aryl methyl sites for hydroxylation is 2. The first-order chi connectivity index (χ1) is 19.4. The van der Waals surface area contributed by atoms with Crippen molar-refractivity contribution in [2.24, 2.45) is 0 Å². The fourth-order valence-electron chi connectivity index (χ4n) is 4.25. The van der Waals surface area contributed by atoms with Crippen molar-refractivity contribution in [2.45, 2.75) is 12.8 Å². The molecule has 0 aliphatic rings. The smallest absolute Gasteiger partial charge is 0.117 e. The number of nitrogens with zero attached hydrogens (tertiary/aromatic N) is 4. The minimum Gasteiger partial charge on any atom is -0.378 e. The van der Waals surface area contributed by atoms with Crippen LogP contribution in [0.4, 0.5) is 11.4 Å². The topological polar surface area (TPSA) is 32.3 Å². The van der Waals surface area contributed by atoms with Crippen LogP contribution in [0.5, 0.6) is 0 Å². The SMILES string of the molecule is CN(C)c1ccc(/C=C/c2nc3ccccc3s2)cc1.CN(C)c1ccc(CCc2nc3ccccc3s2)cc1.[HH]. The van der Waals surface area contributed by atoms with Crippen molar-refractivity contribution in [1.82, 2.24) is 9.97 Å². The first kappa shape index (κ1) is 27.6. The standard InChI is InChI=1S/C17H18N2S.C17H16N2S.H2/c2*1-19(2)14-10-7-13(8-11-14)9-12-17-18-15-5-3-4-6-16(15)20-17;/h3-8,10-11H,9,12H2,1-2H3;3-12H,1-2H3;1H/b;12-9+;. The van der Waals surface area contributed by atoms with Crippen LogP contribution in [0, 0.1) is 0 Å². The average molecular weight is 565 g/mol. The Morgan fingerprint density at radius 2 is 1.15 bits per heavy atom. The maximum Gasteiger partial charge on any atom is 0.117 e. The Morgan fingerprint density at radius 1 is 0.600 bits per heavy atom. The molecule has 0 fully saturated rings. The van der Waals surface area contributed by atoms with Gasteiger partial charge in [-0.25, -0.2) is 9.97 Å². The van der Waals surface area contributed by atoms with Crippen LogP contribution in [0.3, 0.4) is 0 Å². The molecule has 40 heavy (non-hydrogen) atoms. The summed E-state index contributed by atoms with van der Waals surface area (Å²) < 4.78 is 2.51. The van der Waals surface area contributed by atoms with E-state index in [4.69, 9.17) is 0 Å². The van der Waals surface area contributed by atoms with Crippen LogP contribution in [-0.2, 0) is 12.8 Å². The van der Waals surface area contributed by atoms with Crippen molar-refractivity contribution in [3.63, 3.8) is 0 Å². The predicted molar refractivity (Wildman–Crippen MR) is 179 cm³/mol. The van der Waals surface area contributed by atoms with Crippen LogP contribution in [0.25, 0.3) is 32.6 Å². The van der Waals surface area contributed by atoms with E-state index in [9.17, 15) is 0 Å². The summed E-state index contributed by atoms with van der Waals surface area (Å²) in [4.78, 5) is 13.5.